The first-order valence-corrected chi connectivity index (χ1v) is 14.8. The van der Waals surface area contributed by atoms with Crippen LogP contribution in [-0.4, -0.2) is 62.2 Å². The van der Waals surface area contributed by atoms with Gasteiger partial charge in [-0.05, 0) is 68.5 Å². The number of anilines is 1. The number of carbonyl (C=O) groups excluding carboxylic acids is 2. The van der Waals surface area contributed by atoms with Gasteiger partial charge in [-0.3, -0.25) is 9.59 Å². The highest BCUT2D eigenvalue weighted by atomic mass is 35.5. The van der Waals surface area contributed by atoms with Gasteiger partial charge < -0.3 is 10.2 Å². The fourth-order valence-electron chi connectivity index (χ4n) is 4.63. The van der Waals surface area contributed by atoms with Crippen LogP contribution in [-0.2, 0) is 26.3 Å². The van der Waals surface area contributed by atoms with Crippen molar-refractivity contribution in [3.63, 3.8) is 0 Å². The van der Waals surface area contributed by atoms with Crippen molar-refractivity contribution in [2.24, 2.45) is 0 Å². The minimum Gasteiger partial charge on any atom is -0.352 e. The molecular weight excluding hydrogens is 524 g/mol. The Bertz CT molecular complexity index is 1230. The summed E-state index contributed by atoms with van der Waals surface area (Å²) in [6.45, 7) is 5.06. The monoisotopic (exact) mass is 562 g/mol. The van der Waals surface area contributed by atoms with Crippen molar-refractivity contribution in [1.29, 1.82) is 0 Å². The lowest BCUT2D eigenvalue weighted by molar-refractivity contribution is -0.139. The highest BCUT2D eigenvalue weighted by molar-refractivity contribution is 7.90. The third kappa shape index (κ3) is 7.48. The molecule has 0 unspecified atom stereocenters. The second-order valence-electron chi connectivity index (χ2n) is 10.3. The van der Waals surface area contributed by atoms with Gasteiger partial charge in [0.05, 0.1) is 5.69 Å². The Hall–Kier alpha value is -2.62. The molecule has 0 spiro atoms. The Morgan fingerprint density at radius 3 is 2.26 bits per heavy atom. The molecule has 0 aliphatic heterocycles. The molecule has 2 amide bonds. The first kappa shape index (κ1) is 29.9. The van der Waals surface area contributed by atoms with E-state index in [2.05, 4.69) is 5.32 Å². The number of hydrogen-bond donors (Lipinski definition) is 1. The van der Waals surface area contributed by atoms with Gasteiger partial charge in [0.15, 0.2) is 0 Å². The maximum atomic E-state index is 13.9. The van der Waals surface area contributed by atoms with Crippen LogP contribution in [0.4, 0.5) is 5.69 Å². The predicted octanol–water partition coefficient (Wildman–Crippen LogP) is 4.44. The number of rotatable bonds is 10. The van der Waals surface area contributed by atoms with E-state index in [-0.39, 0.29) is 18.5 Å². The molecule has 8 nitrogen and oxygen atoms in total. The number of amides is 2. The molecule has 38 heavy (non-hydrogen) atoms. The summed E-state index contributed by atoms with van der Waals surface area (Å²) in [4.78, 5) is 28.6. The highest BCUT2D eigenvalue weighted by Crippen LogP contribution is 2.26. The summed E-state index contributed by atoms with van der Waals surface area (Å²) in [7, 11) is -1.14. The van der Waals surface area contributed by atoms with Gasteiger partial charge in [0.25, 0.3) is 0 Å². The largest absolute Gasteiger partial charge is 0.352 e. The zero-order valence-electron chi connectivity index (χ0n) is 22.9. The SMILES string of the molecule is Cc1ccc(C)c(N(CC(=O)N(Cc2ccc(Cl)cc2)[C@H](C)C(=O)NC2CCCCC2)S(=O)(=O)N(C)C)c1. The summed E-state index contributed by atoms with van der Waals surface area (Å²) in [6, 6.07) is 11.8. The van der Waals surface area contributed by atoms with Crippen LogP contribution in [0, 0.1) is 13.8 Å². The fourth-order valence-corrected chi connectivity index (χ4v) is 5.87. The molecule has 0 bridgehead atoms. The number of carbonyl (C=O) groups is 2. The molecule has 1 atom stereocenters. The molecule has 10 heteroatoms. The van der Waals surface area contributed by atoms with Gasteiger partial charge in [0, 0.05) is 31.7 Å². The summed E-state index contributed by atoms with van der Waals surface area (Å²) in [5.41, 5.74) is 2.81. The number of hydrogen-bond acceptors (Lipinski definition) is 4. The molecule has 2 aromatic rings. The van der Waals surface area contributed by atoms with Gasteiger partial charge >= 0.3 is 10.2 Å². The van der Waals surface area contributed by atoms with Crippen LogP contribution >= 0.6 is 11.6 Å². The van der Waals surface area contributed by atoms with E-state index in [0.29, 0.717) is 10.7 Å². The Morgan fingerprint density at radius 1 is 1.03 bits per heavy atom. The van der Waals surface area contributed by atoms with E-state index in [1.807, 2.05) is 26.0 Å². The van der Waals surface area contributed by atoms with Crippen molar-refractivity contribution < 1.29 is 18.0 Å². The average molecular weight is 563 g/mol. The second-order valence-corrected chi connectivity index (χ2v) is 12.8. The van der Waals surface area contributed by atoms with Crippen LogP contribution in [0.5, 0.6) is 0 Å². The standard InChI is InChI=1S/C28H39ClN4O4S/c1-20-11-12-21(2)26(17-20)33(38(36,37)31(4)5)19-27(34)32(18-23-13-15-24(29)16-14-23)22(3)28(35)30-25-9-7-6-8-10-25/h11-17,22,25H,6-10,18-19H2,1-5H3,(H,30,35)/t22-/m1/s1. The first-order chi connectivity index (χ1) is 17.9. The third-order valence-corrected chi connectivity index (χ3v) is 9.09. The fraction of sp³-hybridized carbons (Fsp3) is 0.500. The zero-order valence-corrected chi connectivity index (χ0v) is 24.5. The minimum absolute atomic E-state index is 0.0896. The smallest absolute Gasteiger partial charge is 0.304 e. The predicted molar refractivity (Wildman–Crippen MR) is 152 cm³/mol. The molecule has 1 fully saturated rings. The lowest BCUT2D eigenvalue weighted by Crippen LogP contribution is -2.53. The van der Waals surface area contributed by atoms with E-state index in [1.165, 1.54) is 19.0 Å². The summed E-state index contributed by atoms with van der Waals surface area (Å²) in [5, 5.41) is 3.67. The van der Waals surface area contributed by atoms with Crippen LogP contribution in [0.25, 0.3) is 0 Å². The summed E-state index contributed by atoms with van der Waals surface area (Å²) < 4.78 is 29.0. The molecule has 1 aliphatic carbocycles. The highest BCUT2D eigenvalue weighted by Gasteiger charge is 2.33. The molecule has 0 radical (unpaired) electrons. The van der Waals surface area contributed by atoms with Crippen molar-refractivity contribution in [2.45, 2.75) is 71.5 Å². The second kappa shape index (κ2) is 13.0. The molecular formula is C28H39ClN4O4S. The molecule has 1 N–H and O–H groups in total. The van der Waals surface area contributed by atoms with Gasteiger partial charge in [-0.2, -0.15) is 12.7 Å². The zero-order chi connectivity index (χ0) is 28.0. The van der Waals surface area contributed by atoms with Crippen LogP contribution in [0.3, 0.4) is 0 Å². The Balaban J connectivity index is 1.94. The van der Waals surface area contributed by atoms with Gasteiger partial charge in [-0.1, -0.05) is 55.1 Å². The van der Waals surface area contributed by atoms with Crippen molar-refractivity contribution in [1.82, 2.24) is 14.5 Å². The molecule has 0 aromatic heterocycles. The minimum atomic E-state index is -4.01. The summed E-state index contributed by atoms with van der Waals surface area (Å²) in [6.07, 6.45) is 5.15. The third-order valence-electron chi connectivity index (χ3n) is 7.04. The van der Waals surface area contributed by atoms with Crippen LogP contribution in [0.2, 0.25) is 5.02 Å². The molecule has 1 saturated carbocycles. The topological polar surface area (TPSA) is 90.0 Å². The lowest BCUT2D eigenvalue weighted by atomic mass is 9.95. The van der Waals surface area contributed by atoms with Gasteiger partial charge in [0.2, 0.25) is 11.8 Å². The van der Waals surface area contributed by atoms with Crippen molar-refractivity contribution in [2.75, 3.05) is 24.9 Å². The molecule has 0 heterocycles. The average Bonchev–Trinajstić information content (AvgIpc) is 2.88. The Labute approximate surface area is 232 Å². The van der Waals surface area contributed by atoms with E-state index in [1.54, 1.807) is 37.3 Å². The molecule has 208 valence electrons. The van der Waals surface area contributed by atoms with Gasteiger partial charge in [-0.25, -0.2) is 4.31 Å². The van der Waals surface area contributed by atoms with Crippen molar-refractivity contribution >= 4 is 39.3 Å². The number of halogens is 1. The quantitative estimate of drug-likeness (QED) is 0.464. The number of nitrogens with one attached hydrogen (secondary N) is 1. The maximum absolute atomic E-state index is 13.9. The van der Waals surface area contributed by atoms with Gasteiger partial charge in [0.1, 0.15) is 12.6 Å². The lowest BCUT2D eigenvalue weighted by Gasteiger charge is -2.34. The van der Waals surface area contributed by atoms with E-state index in [9.17, 15) is 18.0 Å². The van der Waals surface area contributed by atoms with Crippen LogP contribution < -0.4 is 9.62 Å². The number of nitrogens with zero attached hydrogens (tertiary/aromatic N) is 3. The van der Waals surface area contributed by atoms with E-state index in [4.69, 9.17) is 11.6 Å². The Morgan fingerprint density at radius 2 is 1.66 bits per heavy atom. The Kier molecular flexibility index (Phi) is 10.2. The molecule has 1 aliphatic rings. The molecule has 3 rings (SSSR count). The van der Waals surface area contributed by atoms with Crippen molar-refractivity contribution in [3.05, 3.63) is 64.2 Å². The van der Waals surface area contributed by atoms with Crippen molar-refractivity contribution in [3.8, 4) is 0 Å². The molecule has 2 aromatic carbocycles. The van der Waals surface area contributed by atoms with Crippen LogP contribution in [0.15, 0.2) is 42.5 Å². The van der Waals surface area contributed by atoms with E-state index >= 15 is 0 Å². The van der Waals surface area contributed by atoms with E-state index in [0.717, 1.165) is 57.4 Å². The number of benzene rings is 2. The summed E-state index contributed by atoms with van der Waals surface area (Å²) in [5.74, 6) is -0.717. The first-order valence-electron chi connectivity index (χ1n) is 13.0. The maximum Gasteiger partial charge on any atom is 0.304 e. The van der Waals surface area contributed by atoms with Gasteiger partial charge in [-0.15, -0.1) is 0 Å². The number of aryl methyl sites for hydroxylation is 2. The van der Waals surface area contributed by atoms with E-state index < -0.39 is 28.7 Å². The normalized spacial score (nSPS) is 15.2. The molecule has 0 saturated heterocycles. The summed E-state index contributed by atoms with van der Waals surface area (Å²) >= 11 is 6.05. The van der Waals surface area contributed by atoms with Crippen LogP contribution in [0.1, 0.15) is 55.7 Å².